The fourth-order valence-electron chi connectivity index (χ4n) is 2.96. The Morgan fingerprint density at radius 3 is 2.57 bits per heavy atom. The van der Waals surface area contributed by atoms with Gasteiger partial charge in [-0.2, -0.15) is 5.10 Å². The summed E-state index contributed by atoms with van der Waals surface area (Å²) < 4.78 is 1.91. The van der Waals surface area contributed by atoms with Crippen LogP contribution in [0.15, 0.2) is 18.2 Å². The monoisotopic (exact) mass is 284 g/mol. The topological polar surface area (TPSA) is 42.7 Å². The quantitative estimate of drug-likeness (QED) is 0.917. The van der Waals surface area contributed by atoms with E-state index in [-0.39, 0.29) is 0 Å². The highest BCUT2D eigenvalue weighted by atomic mass is 15.3. The predicted molar refractivity (Wildman–Crippen MR) is 84.1 cm³/mol. The fraction of sp³-hybridized carbons (Fsp3) is 0.529. The molecular weight excluding hydrogens is 260 g/mol. The van der Waals surface area contributed by atoms with Crippen LogP contribution in [-0.2, 0) is 13.6 Å². The summed E-state index contributed by atoms with van der Waals surface area (Å²) in [7, 11) is 1.99. The van der Waals surface area contributed by atoms with E-state index in [1.807, 2.05) is 11.7 Å². The molecule has 0 saturated heterocycles. The van der Waals surface area contributed by atoms with Crippen LogP contribution in [0.3, 0.4) is 0 Å². The maximum Gasteiger partial charge on any atom is 0.154 e. The Morgan fingerprint density at radius 1 is 1.29 bits per heavy atom. The average Bonchev–Trinajstić information content (AvgIpc) is 3.21. The van der Waals surface area contributed by atoms with E-state index < -0.39 is 0 Å². The van der Waals surface area contributed by atoms with Gasteiger partial charge in [0.2, 0.25) is 0 Å². The van der Waals surface area contributed by atoms with Crippen molar-refractivity contribution in [3.63, 3.8) is 0 Å². The minimum Gasteiger partial charge on any atom is -0.303 e. The van der Waals surface area contributed by atoms with Gasteiger partial charge in [-0.05, 0) is 50.3 Å². The van der Waals surface area contributed by atoms with Crippen LogP contribution in [0.2, 0.25) is 0 Å². The maximum atomic E-state index is 4.67. The molecule has 2 aromatic rings. The predicted octanol–water partition coefficient (Wildman–Crippen LogP) is 3.16. The average molecular weight is 284 g/mol. The van der Waals surface area contributed by atoms with Gasteiger partial charge in [-0.1, -0.05) is 18.2 Å². The van der Waals surface area contributed by atoms with Crippen LogP contribution in [0.25, 0.3) is 0 Å². The molecule has 0 aliphatic heterocycles. The number of hydrogen-bond acceptors (Lipinski definition) is 3. The Kier molecular flexibility index (Phi) is 3.81. The summed E-state index contributed by atoms with van der Waals surface area (Å²) in [5.41, 5.74) is 4.07. The van der Waals surface area contributed by atoms with Gasteiger partial charge < -0.3 is 5.32 Å². The first-order valence-electron chi connectivity index (χ1n) is 7.75. The lowest BCUT2D eigenvalue weighted by Crippen LogP contribution is -2.21. The molecule has 0 radical (unpaired) electrons. The normalized spacial score (nSPS) is 16.2. The molecule has 1 aromatic carbocycles. The molecular formula is C17H24N4. The van der Waals surface area contributed by atoms with Crippen LogP contribution in [0.5, 0.6) is 0 Å². The number of benzene rings is 1. The summed E-state index contributed by atoms with van der Waals surface area (Å²) in [6, 6.07) is 6.78. The van der Waals surface area contributed by atoms with E-state index in [1.54, 1.807) is 0 Å². The molecule has 3 rings (SSSR count). The molecule has 0 bridgehead atoms. The minimum atomic E-state index is 0.312. The van der Waals surface area contributed by atoms with Crippen LogP contribution >= 0.6 is 0 Å². The number of nitrogens with one attached hydrogen (secondary N) is 1. The molecule has 4 nitrogen and oxygen atoms in total. The van der Waals surface area contributed by atoms with Gasteiger partial charge in [-0.15, -0.1) is 0 Å². The van der Waals surface area contributed by atoms with Crippen molar-refractivity contribution >= 4 is 0 Å². The van der Waals surface area contributed by atoms with Gasteiger partial charge in [0.15, 0.2) is 5.82 Å². The lowest BCUT2D eigenvalue weighted by atomic mass is 9.97. The Bertz CT molecular complexity index is 620. The summed E-state index contributed by atoms with van der Waals surface area (Å²) in [6.45, 7) is 7.32. The summed E-state index contributed by atoms with van der Waals surface area (Å²) in [6.07, 6.45) is 2.49. The third-order valence-corrected chi connectivity index (χ3v) is 4.35. The summed E-state index contributed by atoms with van der Waals surface area (Å²) in [5, 5.41) is 8.11. The number of aromatic nitrogens is 3. The van der Waals surface area contributed by atoms with E-state index in [0.29, 0.717) is 12.0 Å². The smallest absolute Gasteiger partial charge is 0.154 e. The number of aryl methyl sites for hydroxylation is 3. The lowest BCUT2D eigenvalue weighted by Gasteiger charge is -2.18. The Labute approximate surface area is 126 Å². The Hall–Kier alpha value is -1.68. The van der Waals surface area contributed by atoms with E-state index >= 15 is 0 Å². The van der Waals surface area contributed by atoms with Gasteiger partial charge >= 0.3 is 0 Å². The highest BCUT2D eigenvalue weighted by molar-refractivity contribution is 5.35. The van der Waals surface area contributed by atoms with Gasteiger partial charge in [0.05, 0.1) is 6.54 Å². The molecule has 1 unspecified atom stereocenters. The summed E-state index contributed by atoms with van der Waals surface area (Å²) >= 11 is 0. The van der Waals surface area contributed by atoms with E-state index in [4.69, 9.17) is 0 Å². The van der Waals surface area contributed by atoms with E-state index in [9.17, 15) is 0 Å². The molecule has 1 saturated carbocycles. The Balaban J connectivity index is 1.69. The summed E-state index contributed by atoms with van der Waals surface area (Å²) in [4.78, 5) is 4.67. The zero-order valence-electron chi connectivity index (χ0n) is 13.3. The van der Waals surface area contributed by atoms with Crippen molar-refractivity contribution < 1.29 is 0 Å². The van der Waals surface area contributed by atoms with Crippen molar-refractivity contribution in [2.45, 2.75) is 52.1 Å². The molecule has 1 aromatic heterocycles. The number of nitrogens with zero attached hydrogens (tertiary/aromatic N) is 3. The van der Waals surface area contributed by atoms with Gasteiger partial charge in [0, 0.05) is 19.0 Å². The molecule has 0 amide bonds. The second-order valence-corrected chi connectivity index (χ2v) is 6.19. The molecule has 1 aliphatic carbocycles. The van der Waals surface area contributed by atoms with Crippen molar-refractivity contribution in [2.24, 2.45) is 7.05 Å². The first kappa shape index (κ1) is 14.3. The third kappa shape index (κ3) is 3.00. The van der Waals surface area contributed by atoms with Crippen LogP contribution in [0.1, 0.15) is 60.1 Å². The van der Waals surface area contributed by atoms with Crippen molar-refractivity contribution in [1.82, 2.24) is 20.1 Å². The zero-order chi connectivity index (χ0) is 15.0. The van der Waals surface area contributed by atoms with E-state index in [1.165, 1.54) is 29.5 Å². The molecule has 21 heavy (non-hydrogen) atoms. The molecule has 112 valence electrons. The molecule has 1 N–H and O–H groups in total. The fourth-order valence-corrected chi connectivity index (χ4v) is 2.96. The standard InChI is InChI=1S/C17H24N4/c1-11-6-5-7-12(2)16(11)13(3)18-10-15-19-17(14-8-9-14)20-21(15)4/h5-7,13-14,18H,8-10H2,1-4H3. The number of rotatable bonds is 5. The largest absolute Gasteiger partial charge is 0.303 e. The second-order valence-electron chi connectivity index (χ2n) is 6.19. The minimum absolute atomic E-state index is 0.312. The van der Waals surface area contributed by atoms with Crippen LogP contribution < -0.4 is 5.32 Å². The van der Waals surface area contributed by atoms with Crippen molar-refractivity contribution in [3.8, 4) is 0 Å². The molecule has 1 aliphatic rings. The maximum absolute atomic E-state index is 4.67. The van der Waals surface area contributed by atoms with Crippen molar-refractivity contribution in [1.29, 1.82) is 0 Å². The summed E-state index contributed by atoms with van der Waals surface area (Å²) in [5.74, 6) is 2.66. The second kappa shape index (κ2) is 5.60. The number of hydrogen-bond donors (Lipinski definition) is 1. The molecule has 0 spiro atoms. The third-order valence-electron chi connectivity index (χ3n) is 4.35. The Morgan fingerprint density at radius 2 is 1.95 bits per heavy atom. The first-order chi connectivity index (χ1) is 10.1. The van der Waals surface area contributed by atoms with Crippen LogP contribution in [0, 0.1) is 13.8 Å². The molecule has 1 atom stereocenters. The first-order valence-corrected chi connectivity index (χ1v) is 7.75. The SMILES string of the molecule is Cc1cccc(C)c1C(C)NCc1nc(C2CC2)nn1C. The molecule has 1 fully saturated rings. The van der Waals surface area contributed by atoms with E-state index in [0.717, 1.165) is 18.2 Å². The zero-order valence-corrected chi connectivity index (χ0v) is 13.3. The van der Waals surface area contributed by atoms with Gasteiger partial charge in [0.25, 0.3) is 0 Å². The van der Waals surface area contributed by atoms with Gasteiger partial charge in [-0.3, -0.25) is 4.68 Å². The highest BCUT2D eigenvalue weighted by Gasteiger charge is 2.28. The lowest BCUT2D eigenvalue weighted by molar-refractivity contribution is 0.537. The van der Waals surface area contributed by atoms with Crippen LogP contribution in [-0.4, -0.2) is 14.8 Å². The highest BCUT2D eigenvalue weighted by Crippen LogP contribution is 2.38. The van der Waals surface area contributed by atoms with Crippen LogP contribution in [0.4, 0.5) is 0 Å². The van der Waals surface area contributed by atoms with Crippen molar-refractivity contribution in [3.05, 3.63) is 46.5 Å². The van der Waals surface area contributed by atoms with E-state index in [2.05, 4.69) is 54.4 Å². The van der Waals surface area contributed by atoms with Crippen molar-refractivity contribution in [2.75, 3.05) is 0 Å². The van der Waals surface area contributed by atoms with Gasteiger partial charge in [0.1, 0.15) is 5.82 Å². The van der Waals surface area contributed by atoms with Gasteiger partial charge in [-0.25, -0.2) is 4.98 Å². The molecule has 1 heterocycles. The molecule has 4 heteroatoms.